The van der Waals surface area contributed by atoms with E-state index in [0.717, 1.165) is 24.4 Å². The van der Waals surface area contributed by atoms with Gasteiger partial charge in [0.1, 0.15) is 0 Å². The van der Waals surface area contributed by atoms with Crippen LogP contribution in [0, 0.1) is 0 Å². The quantitative estimate of drug-likeness (QED) is 0.336. The number of nitrogens with one attached hydrogen (secondary N) is 2. The van der Waals surface area contributed by atoms with Crippen LogP contribution in [0.15, 0.2) is 42.6 Å². The van der Waals surface area contributed by atoms with Crippen molar-refractivity contribution >= 4 is 34.8 Å². The first-order valence-corrected chi connectivity index (χ1v) is 12.3. The predicted octanol–water partition coefficient (Wildman–Crippen LogP) is 4.25. The molecule has 4 aromatic rings. The largest absolute Gasteiger partial charge is 0.481 e. The number of nitrogens with zero attached hydrogens (tertiary/aromatic N) is 4. The average Bonchev–Trinajstić information content (AvgIpc) is 3.26. The van der Waals surface area contributed by atoms with E-state index in [-0.39, 0.29) is 12.5 Å². The number of carbonyl (C=O) groups is 1. The molecule has 5 rings (SSSR count). The number of fused-ring (bicyclic) bond motifs is 1. The van der Waals surface area contributed by atoms with Gasteiger partial charge in [0.05, 0.1) is 46.5 Å². The van der Waals surface area contributed by atoms with Crippen LogP contribution < -0.4 is 15.4 Å². The molecule has 9 nitrogen and oxygen atoms in total. The van der Waals surface area contributed by atoms with Crippen molar-refractivity contribution in [3.05, 3.63) is 75.4 Å². The standard InChI is InChI=1S/C26H24Cl2N6O3/c1-34-20-9-10-29-12-19(20)31-24(34)25(36)32-18-5-3-4-16(21(18)27)23-22(28)15(8-11-30-23)17-7-6-14(13-35)26(33-17)37-2/h3-8,11,29,35H,9-10,12-13H2,1-2H3,(H,32,36). The van der Waals surface area contributed by atoms with Crippen LogP contribution in [0.25, 0.3) is 22.5 Å². The van der Waals surface area contributed by atoms with Crippen molar-refractivity contribution in [2.75, 3.05) is 19.0 Å². The molecule has 11 heteroatoms. The molecular formula is C26H24Cl2N6O3. The molecule has 0 fully saturated rings. The van der Waals surface area contributed by atoms with Crippen molar-refractivity contribution < 1.29 is 14.6 Å². The molecule has 3 N–H and O–H groups in total. The number of amides is 1. The number of benzene rings is 1. The highest BCUT2D eigenvalue weighted by Crippen LogP contribution is 2.40. The van der Waals surface area contributed by atoms with E-state index in [4.69, 9.17) is 27.9 Å². The predicted molar refractivity (Wildman–Crippen MR) is 142 cm³/mol. The second-order valence-electron chi connectivity index (χ2n) is 8.48. The lowest BCUT2D eigenvalue weighted by atomic mass is 10.1. The third kappa shape index (κ3) is 4.67. The van der Waals surface area contributed by atoms with Crippen LogP contribution in [0.4, 0.5) is 5.69 Å². The fourth-order valence-corrected chi connectivity index (χ4v) is 4.97. The first-order chi connectivity index (χ1) is 17.9. The number of imidazole rings is 1. The minimum Gasteiger partial charge on any atom is -0.481 e. The zero-order valence-electron chi connectivity index (χ0n) is 20.2. The number of aliphatic hydroxyl groups is 1. The number of aliphatic hydroxyl groups excluding tert-OH is 1. The molecule has 0 aliphatic carbocycles. The molecule has 3 aromatic heterocycles. The Balaban J connectivity index is 1.48. The average molecular weight is 539 g/mol. The van der Waals surface area contributed by atoms with Crippen molar-refractivity contribution in [1.29, 1.82) is 0 Å². The maximum Gasteiger partial charge on any atom is 0.291 e. The minimum atomic E-state index is -0.357. The lowest BCUT2D eigenvalue weighted by Crippen LogP contribution is -2.24. The molecule has 4 heterocycles. The molecule has 37 heavy (non-hydrogen) atoms. The maximum atomic E-state index is 13.1. The van der Waals surface area contributed by atoms with Gasteiger partial charge in [-0.3, -0.25) is 9.78 Å². The third-order valence-corrected chi connectivity index (χ3v) is 7.09. The summed E-state index contributed by atoms with van der Waals surface area (Å²) in [7, 11) is 3.33. The second kappa shape index (κ2) is 10.5. The zero-order chi connectivity index (χ0) is 26.1. The van der Waals surface area contributed by atoms with Crippen LogP contribution in [0.5, 0.6) is 5.88 Å². The Hall–Kier alpha value is -3.50. The molecule has 0 unspecified atom stereocenters. The Bertz CT molecular complexity index is 1500. The van der Waals surface area contributed by atoms with Gasteiger partial charge >= 0.3 is 0 Å². The molecule has 0 saturated heterocycles. The monoisotopic (exact) mass is 538 g/mol. The van der Waals surface area contributed by atoms with Crippen LogP contribution in [-0.2, 0) is 26.6 Å². The molecule has 1 aromatic carbocycles. The first kappa shape index (κ1) is 25.2. The van der Waals surface area contributed by atoms with Gasteiger partial charge in [0, 0.05) is 55.1 Å². The molecule has 1 amide bonds. The Kier molecular flexibility index (Phi) is 7.12. The summed E-state index contributed by atoms with van der Waals surface area (Å²) in [6, 6.07) is 10.5. The Morgan fingerprint density at radius 1 is 1.16 bits per heavy atom. The number of pyridine rings is 2. The fourth-order valence-electron chi connectivity index (χ4n) is 4.39. The maximum absolute atomic E-state index is 13.1. The highest BCUT2D eigenvalue weighted by Gasteiger charge is 2.23. The van der Waals surface area contributed by atoms with Crippen molar-refractivity contribution in [3.8, 4) is 28.4 Å². The molecule has 0 radical (unpaired) electrons. The van der Waals surface area contributed by atoms with Gasteiger partial charge in [-0.2, -0.15) is 0 Å². The number of rotatable bonds is 6. The SMILES string of the molecule is COc1nc(-c2ccnc(-c3cccc(NC(=O)c4nc5c(n4C)CCNC5)c3Cl)c2Cl)ccc1CO. The van der Waals surface area contributed by atoms with Crippen LogP contribution in [0.3, 0.4) is 0 Å². The highest BCUT2D eigenvalue weighted by molar-refractivity contribution is 6.39. The smallest absolute Gasteiger partial charge is 0.291 e. The summed E-state index contributed by atoms with van der Waals surface area (Å²) >= 11 is 13.6. The van der Waals surface area contributed by atoms with E-state index < -0.39 is 0 Å². The Labute approximate surface area is 223 Å². The van der Waals surface area contributed by atoms with E-state index >= 15 is 0 Å². The molecular weight excluding hydrogens is 515 g/mol. The van der Waals surface area contributed by atoms with Crippen molar-refractivity contribution in [3.63, 3.8) is 0 Å². The number of hydrogen-bond donors (Lipinski definition) is 3. The van der Waals surface area contributed by atoms with Gasteiger partial charge < -0.3 is 25.0 Å². The van der Waals surface area contributed by atoms with Gasteiger partial charge in [-0.05, 0) is 24.3 Å². The van der Waals surface area contributed by atoms with Crippen molar-refractivity contribution in [2.24, 2.45) is 7.05 Å². The Morgan fingerprint density at radius 3 is 2.76 bits per heavy atom. The van der Waals surface area contributed by atoms with E-state index in [0.29, 0.717) is 62.1 Å². The lowest BCUT2D eigenvalue weighted by Gasteiger charge is -2.14. The summed E-state index contributed by atoms with van der Waals surface area (Å²) in [6.45, 7) is 1.29. The van der Waals surface area contributed by atoms with Crippen molar-refractivity contribution in [2.45, 2.75) is 19.6 Å². The first-order valence-electron chi connectivity index (χ1n) is 11.6. The van der Waals surface area contributed by atoms with Crippen LogP contribution >= 0.6 is 23.2 Å². The number of halogens is 2. The van der Waals surface area contributed by atoms with Crippen LogP contribution in [0.1, 0.15) is 27.6 Å². The van der Waals surface area contributed by atoms with Gasteiger partial charge in [-0.25, -0.2) is 9.97 Å². The molecule has 1 aliphatic rings. The number of aromatic nitrogens is 4. The number of hydrogen-bond acceptors (Lipinski definition) is 7. The zero-order valence-corrected chi connectivity index (χ0v) is 21.7. The molecule has 0 atom stereocenters. The summed E-state index contributed by atoms with van der Waals surface area (Å²) in [5, 5.41) is 16.3. The normalized spacial score (nSPS) is 12.8. The third-order valence-electron chi connectivity index (χ3n) is 6.30. The number of ether oxygens (including phenoxy) is 1. The minimum absolute atomic E-state index is 0.197. The summed E-state index contributed by atoms with van der Waals surface area (Å²) in [4.78, 5) is 26.6. The molecule has 1 aliphatic heterocycles. The molecule has 0 saturated carbocycles. The summed E-state index contributed by atoms with van der Waals surface area (Å²) in [5.41, 5.74) is 5.06. The Morgan fingerprint density at radius 2 is 2.00 bits per heavy atom. The molecule has 0 spiro atoms. The summed E-state index contributed by atoms with van der Waals surface area (Å²) in [5.74, 6) is 0.271. The van der Waals surface area contributed by atoms with Crippen molar-refractivity contribution in [1.82, 2.24) is 24.8 Å². The van der Waals surface area contributed by atoms with Crippen LogP contribution in [0.2, 0.25) is 10.0 Å². The van der Waals surface area contributed by atoms with E-state index in [1.807, 2.05) is 11.6 Å². The van der Waals surface area contributed by atoms with E-state index in [1.54, 1.807) is 42.6 Å². The van der Waals surface area contributed by atoms with E-state index in [1.165, 1.54) is 7.11 Å². The number of anilines is 1. The fraction of sp³-hybridized carbons (Fsp3) is 0.231. The van der Waals surface area contributed by atoms with Gasteiger partial charge in [-0.1, -0.05) is 35.3 Å². The number of methoxy groups -OCH3 is 1. The summed E-state index contributed by atoms with van der Waals surface area (Å²) in [6.07, 6.45) is 2.42. The molecule has 0 bridgehead atoms. The van der Waals surface area contributed by atoms with Gasteiger partial charge in [0.15, 0.2) is 5.82 Å². The second-order valence-corrected chi connectivity index (χ2v) is 9.24. The lowest BCUT2D eigenvalue weighted by molar-refractivity contribution is 0.101. The van der Waals surface area contributed by atoms with E-state index in [9.17, 15) is 9.90 Å². The highest BCUT2D eigenvalue weighted by atomic mass is 35.5. The van der Waals surface area contributed by atoms with Gasteiger partial charge in [-0.15, -0.1) is 0 Å². The van der Waals surface area contributed by atoms with E-state index in [2.05, 4.69) is 25.6 Å². The summed E-state index contributed by atoms with van der Waals surface area (Å²) < 4.78 is 7.12. The number of carbonyl (C=O) groups excluding carboxylic acids is 1. The van der Waals surface area contributed by atoms with Crippen LogP contribution in [-0.4, -0.2) is 44.2 Å². The molecule has 190 valence electrons. The van der Waals surface area contributed by atoms with Gasteiger partial charge in [0.2, 0.25) is 5.88 Å². The topological polar surface area (TPSA) is 114 Å². The van der Waals surface area contributed by atoms with Gasteiger partial charge in [0.25, 0.3) is 5.91 Å².